The first kappa shape index (κ1) is 18.9. The standard InChI is InChI=1S/C24H34O4/c1-22-10-7-17(25)13-16(22)4-5-20-19(22)8-11-23(2)18(9-12-24(20,23)27)15-3-6-21(26)28-14-15/h3,6,14,16-20,25,27H,4-5,7-13H2,1-2H3/t16-,17+,18-,19+,20-,22?,23-,24+/m1/s1. The van der Waals surface area contributed by atoms with E-state index in [4.69, 9.17) is 4.42 Å². The molecule has 0 saturated heterocycles. The molecule has 154 valence electrons. The highest BCUT2D eigenvalue weighted by Crippen LogP contribution is 2.70. The van der Waals surface area contributed by atoms with Crippen molar-refractivity contribution in [3.8, 4) is 0 Å². The van der Waals surface area contributed by atoms with Crippen molar-refractivity contribution in [3.05, 3.63) is 34.4 Å². The van der Waals surface area contributed by atoms with Crippen LogP contribution in [0.4, 0.5) is 0 Å². The molecule has 0 aliphatic heterocycles. The van der Waals surface area contributed by atoms with Gasteiger partial charge in [0.05, 0.1) is 18.0 Å². The Labute approximate surface area is 167 Å². The molecule has 1 aromatic rings. The molecule has 8 atom stereocenters. The lowest BCUT2D eigenvalue weighted by Crippen LogP contribution is -2.62. The first-order chi connectivity index (χ1) is 13.3. The minimum absolute atomic E-state index is 0.129. The number of aliphatic hydroxyl groups is 2. The Morgan fingerprint density at radius 1 is 1.00 bits per heavy atom. The van der Waals surface area contributed by atoms with Gasteiger partial charge in [-0.25, -0.2) is 4.79 Å². The van der Waals surface area contributed by atoms with E-state index in [1.807, 2.05) is 6.07 Å². The Morgan fingerprint density at radius 2 is 1.82 bits per heavy atom. The lowest BCUT2D eigenvalue weighted by Gasteiger charge is -2.63. The van der Waals surface area contributed by atoms with E-state index in [0.717, 1.165) is 56.9 Å². The van der Waals surface area contributed by atoms with Gasteiger partial charge in [-0.15, -0.1) is 0 Å². The normalized spacial score (nSPS) is 50.5. The highest BCUT2D eigenvalue weighted by molar-refractivity contribution is 5.27. The zero-order valence-corrected chi connectivity index (χ0v) is 17.2. The SMILES string of the molecule is CC12CC[C@H](O)C[C@H]1CC[C@@H]1[C@@H]2CC[C@]2(C)[C@@H](c3ccc(=O)oc3)CC[C@]12O. The minimum Gasteiger partial charge on any atom is -0.431 e. The molecule has 4 nitrogen and oxygen atoms in total. The fourth-order valence-electron chi connectivity index (χ4n) is 8.30. The quantitative estimate of drug-likeness (QED) is 0.757. The van der Waals surface area contributed by atoms with Crippen LogP contribution >= 0.6 is 0 Å². The van der Waals surface area contributed by atoms with E-state index in [-0.39, 0.29) is 28.5 Å². The molecule has 0 aromatic carbocycles. The molecule has 0 spiro atoms. The zero-order valence-electron chi connectivity index (χ0n) is 17.2. The highest BCUT2D eigenvalue weighted by atomic mass is 16.4. The summed E-state index contributed by atoms with van der Waals surface area (Å²) >= 11 is 0. The van der Waals surface area contributed by atoms with Crippen molar-refractivity contribution >= 4 is 0 Å². The molecule has 28 heavy (non-hydrogen) atoms. The molecule has 5 rings (SSSR count). The van der Waals surface area contributed by atoms with E-state index in [9.17, 15) is 15.0 Å². The molecule has 2 N–H and O–H groups in total. The van der Waals surface area contributed by atoms with E-state index < -0.39 is 5.60 Å². The van der Waals surface area contributed by atoms with Crippen molar-refractivity contribution < 1.29 is 14.6 Å². The van der Waals surface area contributed by atoms with Crippen molar-refractivity contribution in [3.63, 3.8) is 0 Å². The molecule has 1 aromatic heterocycles. The number of fused-ring (bicyclic) bond motifs is 5. The van der Waals surface area contributed by atoms with Gasteiger partial charge in [-0.05, 0) is 98.5 Å². The van der Waals surface area contributed by atoms with Crippen LogP contribution in [0.3, 0.4) is 0 Å². The minimum atomic E-state index is -0.638. The number of hydrogen-bond donors (Lipinski definition) is 2. The number of hydrogen-bond acceptors (Lipinski definition) is 4. The molecule has 4 heteroatoms. The van der Waals surface area contributed by atoms with Gasteiger partial charge in [0.1, 0.15) is 0 Å². The van der Waals surface area contributed by atoms with Crippen LogP contribution in [-0.2, 0) is 0 Å². The maximum atomic E-state index is 12.2. The van der Waals surface area contributed by atoms with Crippen LogP contribution in [0.25, 0.3) is 0 Å². The van der Waals surface area contributed by atoms with Crippen LogP contribution in [0.1, 0.15) is 83.1 Å². The summed E-state index contributed by atoms with van der Waals surface area (Å²) in [5.41, 5.74) is 0.219. The molecular weight excluding hydrogens is 352 g/mol. The van der Waals surface area contributed by atoms with Gasteiger partial charge in [0.25, 0.3) is 0 Å². The Morgan fingerprint density at radius 3 is 2.57 bits per heavy atom. The zero-order chi connectivity index (χ0) is 19.7. The van der Waals surface area contributed by atoms with Crippen molar-refractivity contribution in [1.29, 1.82) is 0 Å². The summed E-state index contributed by atoms with van der Waals surface area (Å²) < 4.78 is 5.17. The predicted octanol–water partition coefficient (Wildman–Crippen LogP) is 4.24. The van der Waals surface area contributed by atoms with Gasteiger partial charge >= 0.3 is 5.63 Å². The molecule has 0 amide bonds. The van der Waals surface area contributed by atoms with Crippen LogP contribution < -0.4 is 5.63 Å². The molecule has 4 fully saturated rings. The third kappa shape index (κ3) is 2.40. The fraction of sp³-hybridized carbons (Fsp3) is 0.792. The molecule has 4 saturated carbocycles. The van der Waals surface area contributed by atoms with Gasteiger partial charge in [0.2, 0.25) is 0 Å². The Kier molecular flexibility index (Phi) is 4.17. The lowest BCUT2D eigenvalue weighted by atomic mass is 9.43. The fourth-order valence-corrected chi connectivity index (χ4v) is 8.30. The second-order valence-electron chi connectivity index (χ2n) is 10.8. The molecule has 1 unspecified atom stereocenters. The molecule has 4 aliphatic carbocycles. The summed E-state index contributed by atoms with van der Waals surface area (Å²) in [6, 6.07) is 3.42. The van der Waals surface area contributed by atoms with E-state index in [1.54, 1.807) is 6.26 Å². The Bertz CT molecular complexity index is 797. The van der Waals surface area contributed by atoms with Gasteiger partial charge < -0.3 is 14.6 Å². The predicted molar refractivity (Wildman–Crippen MR) is 107 cm³/mol. The van der Waals surface area contributed by atoms with E-state index in [0.29, 0.717) is 17.8 Å². The summed E-state index contributed by atoms with van der Waals surface area (Å²) in [6.45, 7) is 4.73. The van der Waals surface area contributed by atoms with Crippen LogP contribution in [0.2, 0.25) is 0 Å². The van der Waals surface area contributed by atoms with Gasteiger partial charge in [0.15, 0.2) is 0 Å². The average molecular weight is 387 g/mol. The van der Waals surface area contributed by atoms with Crippen LogP contribution in [0.15, 0.2) is 27.6 Å². The summed E-state index contributed by atoms with van der Waals surface area (Å²) in [4.78, 5) is 11.4. The van der Waals surface area contributed by atoms with Crippen molar-refractivity contribution in [2.75, 3.05) is 0 Å². The van der Waals surface area contributed by atoms with Crippen molar-refractivity contribution in [1.82, 2.24) is 0 Å². The summed E-state index contributed by atoms with van der Waals surface area (Å²) in [5, 5.41) is 22.4. The third-order valence-electron chi connectivity index (χ3n) is 9.95. The van der Waals surface area contributed by atoms with Gasteiger partial charge in [-0.2, -0.15) is 0 Å². The average Bonchev–Trinajstić information content (AvgIpc) is 2.95. The molecular formula is C24H34O4. The molecule has 0 bridgehead atoms. The lowest BCUT2D eigenvalue weighted by molar-refractivity contribution is -0.205. The first-order valence-corrected chi connectivity index (χ1v) is 11.3. The van der Waals surface area contributed by atoms with E-state index in [1.165, 1.54) is 12.5 Å². The first-order valence-electron chi connectivity index (χ1n) is 11.3. The number of aliphatic hydroxyl groups excluding tert-OH is 1. The smallest absolute Gasteiger partial charge is 0.335 e. The van der Waals surface area contributed by atoms with Crippen molar-refractivity contribution in [2.45, 2.75) is 89.3 Å². The second-order valence-corrected chi connectivity index (χ2v) is 10.8. The molecule has 4 aliphatic rings. The van der Waals surface area contributed by atoms with Crippen LogP contribution in [0, 0.1) is 28.6 Å². The van der Waals surface area contributed by atoms with Gasteiger partial charge in [-0.3, -0.25) is 0 Å². The van der Waals surface area contributed by atoms with Crippen molar-refractivity contribution in [2.24, 2.45) is 28.6 Å². The summed E-state index contributed by atoms with van der Waals surface area (Å²) in [7, 11) is 0. The Hall–Kier alpha value is -1.13. The second kappa shape index (κ2) is 6.18. The maximum absolute atomic E-state index is 12.2. The maximum Gasteiger partial charge on any atom is 0.335 e. The topological polar surface area (TPSA) is 70.7 Å². The Balaban J connectivity index is 1.48. The molecule has 1 heterocycles. The largest absolute Gasteiger partial charge is 0.431 e. The van der Waals surface area contributed by atoms with Gasteiger partial charge in [0, 0.05) is 11.5 Å². The summed E-state index contributed by atoms with van der Waals surface area (Å²) in [5.74, 6) is 1.76. The third-order valence-corrected chi connectivity index (χ3v) is 9.95. The van der Waals surface area contributed by atoms with E-state index in [2.05, 4.69) is 13.8 Å². The molecule has 0 radical (unpaired) electrons. The highest BCUT2D eigenvalue weighted by Gasteiger charge is 2.67. The van der Waals surface area contributed by atoms with E-state index >= 15 is 0 Å². The number of rotatable bonds is 1. The summed E-state index contributed by atoms with van der Waals surface area (Å²) in [6.07, 6.45) is 10.7. The van der Waals surface area contributed by atoms with Crippen LogP contribution in [-0.4, -0.2) is 21.9 Å². The monoisotopic (exact) mass is 386 g/mol. The van der Waals surface area contributed by atoms with Crippen LogP contribution in [0.5, 0.6) is 0 Å². The van der Waals surface area contributed by atoms with Gasteiger partial charge in [-0.1, -0.05) is 13.8 Å².